The van der Waals surface area contributed by atoms with E-state index < -0.39 is 24.3 Å². The van der Waals surface area contributed by atoms with Gasteiger partial charge in [-0.1, -0.05) is 114 Å². The lowest BCUT2D eigenvalue weighted by Gasteiger charge is -2.36. The Bertz CT molecular complexity index is 1910. The van der Waals surface area contributed by atoms with E-state index in [0.717, 1.165) is 48.3 Å². The third-order valence-corrected chi connectivity index (χ3v) is 10.6. The Morgan fingerprint density at radius 2 is 1.65 bits per heavy atom. The second kappa shape index (κ2) is 17.6. The molecular weight excluding hydrogens is 685 g/mol. The summed E-state index contributed by atoms with van der Waals surface area (Å²) in [4.78, 5) is 25.2. The molecule has 12 heteroatoms. The summed E-state index contributed by atoms with van der Waals surface area (Å²) in [5.74, 6) is 0.194. The molecule has 0 aliphatic carbocycles. The summed E-state index contributed by atoms with van der Waals surface area (Å²) in [7, 11) is 1.31. The van der Waals surface area contributed by atoms with E-state index in [-0.39, 0.29) is 25.4 Å². The van der Waals surface area contributed by atoms with Crippen LogP contribution < -0.4 is 10.6 Å². The first kappa shape index (κ1) is 36.2. The summed E-state index contributed by atoms with van der Waals surface area (Å²) in [6.07, 6.45) is 0.0927. The number of ether oxygens (including phenoxy) is 3. The number of urea groups is 1. The zero-order valence-electron chi connectivity index (χ0n) is 28.4. The van der Waals surface area contributed by atoms with Gasteiger partial charge in [0.05, 0.1) is 25.9 Å². The van der Waals surface area contributed by atoms with Gasteiger partial charge in [0.25, 0.3) is 0 Å². The van der Waals surface area contributed by atoms with E-state index >= 15 is 0 Å². The maximum absolute atomic E-state index is 12.9. The highest BCUT2D eigenvalue weighted by Gasteiger charge is 2.32. The van der Waals surface area contributed by atoms with Crippen molar-refractivity contribution in [1.82, 2.24) is 20.8 Å². The maximum atomic E-state index is 12.9. The molecule has 10 nitrogen and oxygen atoms in total. The Labute approximate surface area is 305 Å². The molecule has 1 aliphatic rings. The van der Waals surface area contributed by atoms with E-state index in [1.807, 2.05) is 104 Å². The molecule has 0 radical (unpaired) electrons. The van der Waals surface area contributed by atoms with E-state index in [9.17, 15) is 14.7 Å². The summed E-state index contributed by atoms with van der Waals surface area (Å²) in [6.45, 7) is 2.19. The number of aliphatic hydroxyl groups excluding tert-OH is 1. The van der Waals surface area contributed by atoms with Crippen molar-refractivity contribution in [1.29, 1.82) is 0 Å². The number of nitrogens with one attached hydrogen (secondary N) is 2. The molecule has 5 aromatic rings. The van der Waals surface area contributed by atoms with Crippen molar-refractivity contribution in [3.05, 3.63) is 136 Å². The van der Waals surface area contributed by atoms with Crippen LogP contribution in [0.5, 0.6) is 0 Å². The van der Waals surface area contributed by atoms with E-state index in [4.69, 9.17) is 14.2 Å². The molecular formula is C39H40N4O6S2. The SMILES string of the molecule is COC(=O)[C@H](Cc1ccccc1)NC(=O)NCc1cccc(-c2cccc([C@H]3O[C@@H](CSc4nnc(C)s4)C[C@@H](c4ccc(CO)cc4)O3)c2)c1. The minimum absolute atomic E-state index is 0.0139. The van der Waals surface area contributed by atoms with Gasteiger partial charge >= 0.3 is 12.0 Å². The van der Waals surface area contributed by atoms with Gasteiger partial charge < -0.3 is 30.0 Å². The van der Waals surface area contributed by atoms with Crippen LogP contribution >= 0.6 is 23.1 Å². The Morgan fingerprint density at radius 3 is 2.37 bits per heavy atom. The number of rotatable bonds is 13. The molecule has 2 amide bonds. The van der Waals surface area contributed by atoms with Crippen molar-refractivity contribution < 1.29 is 28.9 Å². The third kappa shape index (κ3) is 10.0. The standard InChI is InChI=1S/C39H40N4O6S2/c1-25-42-43-39(51-25)50-24-33-21-35(29-16-14-27(23-44)15-17-29)49-37(48-33)32-13-7-12-31(20-32)30-11-6-10-28(18-30)22-40-38(46)41-34(36(45)47-2)19-26-8-4-3-5-9-26/h3-18,20,33-35,37,44H,19,21-24H2,1-2H3,(H2,40,41,46)/t33-,34+,35+,37+/m1/s1. The first-order valence-corrected chi connectivity index (χ1v) is 18.5. The Balaban J connectivity index is 1.13. The number of thioether (sulfide) groups is 1. The van der Waals surface area contributed by atoms with Crippen LogP contribution in [0, 0.1) is 6.92 Å². The van der Waals surface area contributed by atoms with Gasteiger partial charge in [0.1, 0.15) is 11.0 Å². The molecule has 0 unspecified atom stereocenters. The predicted molar refractivity (Wildman–Crippen MR) is 197 cm³/mol. The minimum Gasteiger partial charge on any atom is -0.467 e. The highest BCUT2D eigenvalue weighted by molar-refractivity contribution is 8.01. The predicted octanol–water partition coefficient (Wildman–Crippen LogP) is 6.93. The fourth-order valence-electron chi connectivity index (χ4n) is 5.83. The zero-order valence-corrected chi connectivity index (χ0v) is 30.0. The molecule has 1 fully saturated rings. The zero-order chi connectivity index (χ0) is 35.6. The minimum atomic E-state index is -0.818. The van der Waals surface area contributed by atoms with Crippen LogP contribution in [0.15, 0.2) is 107 Å². The largest absolute Gasteiger partial charge is 0.467 e. The number of methoxy groups -OCH3 is 1. The number of carbonyl (C=O) groups is 2. The number of aryl methyl sites for hydroxylation is 1. The van der Waals surface area contributed by atoms with E-state index in [2.05, 4.69) is 26.9 Å². The molecule has 3 N–H and O–H groups in total. The molecule has 1 saturated heterocycles. The highest BCUT2D eigenvalue weighted by atomic mass is 32.2. The molecule has 4 atom stereocenters. The van der Waals surface area contributed by atoms with Gasteiger partial charge in [0.15, 0.2) is 10.6 Å². The number of amides is 2. The number of benzene rings is 4. The van der Waals surface area contributed by atoms with E-state index in [1.165, 1.54) is 7.11 Å². The van der Waals surface area contributed by atoms with E-state index in [0.29, 0.717) is 18.6 Å². The number of aromatic nitrogens is 2. The quantitative estimate of drug-likeness (QED) is 0.0874. The van der Waals surface area contributed by atoms with Crippen molar-refractivity contribution in [2.24, 2.45) is 0 Å². The number of hydrogen-bond acceptors (Lipinski definition) is 10. The van der Waals surface area contributed by atoms with Gasteiger partial charge in [-0.3, -0.25) is 0 Å². The average Bonchev–Trinajstić information content (AvgIpc) is 3.60. The molecule has 51 heavy (non-hydrogen) atoms. The molecule has 6 rings (SSSR count). The summed E-state index contributed by atoms with van der Waals surface area (Å²) < 4.78 is 19.0. The van der Waals surface area contributed by atoms with Crippen molar-refractivity contribution >= 4 is 35.1 Å². The van der Waals surface area contributed by atoms with Crippen molar-refractivity contribution in [2.75, 3.05) is 12.9 Å². The van der Waals surface area contributed by atoms with Gasteiger partial charge in [-0.05, 0) is 52.4 Å². The van der Waals surface area contributed by atoms with Crippen molar-refractivity contribution in [3.63, 3.8) is 0 Å². The fourth-order valence-corrected chi connectivity index (χ4v) is 7.69. The van der Waals surface area contributed by atoms with Crippen LogP contribution in [0.2, 0.25) is 0 Å². The molecule has 0 saturated carbocycles. The molecule has 0 spiro atoms. The van der Waals surface area contributed by atoms with Crippen LogP contribution in [0.1, 0.15) is 51.6 Å². The topological polar surface area (TPSA) is 132 Å². The molecule has 4 aromatic carbocycles. The first-order chi connectivity index (χ1) is 24.9. The van der Waals surface area contributed by atoms with Gasteiger partial charge in [0, 0.05) is 30.7 Å². The van der Waals surface area contributed by atoms with Crippen molar-refractivity contribution in [2.45, 2.75) is 61.8 Å². The summed E-state index contributed by atoms with van der Waals surface area (Å²) in [5.41, 5.74) is 6.52. The summed E-state index contributed by atoms with van der Waals surface area (Å²) >= 11 is 3.21. The van der Waals surface area contributed by atoms with Crippen LogP contribution in [-0.4, -0.2) is 52.3 Å². The average molecular weight is 725 g/mol. The monoisotopic (exact) mass is 724 g/mol. The first-order valence-electron chi connectivity index (χ1n) is 16.7. The third-order valence-electron chi connectivity index (χ3n) is 8.46. The summed E-state index contributed by atoms with van der Waals surface area (Å²) in [5, 5.41) is 24.5. The second-order valence-corrected chi connectivity index (χ2v) is 14.6. The van der Waals surface area contributed by atoms with Gasteiger partial charge in [-0.2, -0.15) is 0 Å². The smallest absolute Gasteiger partial charge is 0.328 e. The van der Waals surface area contributed by atoms with Gasteiger partial charge in [0.2, 0.25) is 0 Å². The van der Waals surface area contributed by atoms with Crippen LogP contribution in [-0.2, 0) is 38.6 Å². The summed E-state index contributed by atoms with van der Waals surface area (Å²) in [6, 6.07) is 32.1. The normalized spacial score (nSPS) is 17.7. The number of esters is 1. The van der Waals surface area contributed by atoms with Crippen molar-refractivity contribution in [3.8, 4) is 11.1 Å². The van der Waals surface area contributed by atoms with Crippen LogP contribution in [0.4, 0.5) is 4.79 Å². The fraction of sp³-hybridized carbons (Fsp3) is 0.282. The van der Waals surface area contributed by atoms with Gasteiger partial charge in [-0.25, -0.2) is 9.59 Å². The Kier molecular flexibility index (Phi) is 12.5. The molecule has 264 valence electrons. The van der Waals surface area contributed by atoms with Crippen LogP contribution in [0.3, 0.4) is 0 Å². The molecule has 2 heterocycles. The number of aliphatic hydroxyl groups is 1. The van der Waals surface area contributed by atoms with Crippen LogP contribution in [0.25, 0.3) is 11.1 Å². The number of carbonyl (C=O) groups excluding carboxylic acids is 2. The Hall–Kier alpha value is -4.59. The highest BCUT2D eigenvalue weighted by Crippen LogP contribution is 2.40. The van der Waals surface area contributed by atoms with Gasteiger partial charge in [-0.15, -0.1) is 10.2 Å². The molecule has 1 aromatic heterocycles. The molecule has 1 aliphatic heterocycles. The lowest BCUT2D eigenvalue weighted by molar-refractivity contribution is -0.245. The second-order valence-electron chi connectivity index (χ2n) is 12.2. The number of hydrogen-bond donors (Lipinski definition) is 3. The Morgan fingerprint density at radius 1 is 0.902 bits per heavy atom. The maximum Gasteiger partial charge on any atom is 0.328 e. The lowest BCUT2D eigenvalue weighted by atomic mass is 9.99. The number of nitrogens with zero attached hydrogens (tertiary/aromatic N) is 2. The van der Waals surface area contributed by atoms with E-state index in [1.54, 1.807) is 23.1 Å². The lowest BCUT2D eigenvalue weighted by Crippen LogP contribution is -2.47. The molecule has 0 bridgehead atoms.